The molecule has 0 amide bonds. The van der Waals surface area contributed by atoms with Crippen molar-refractivity contribution < 1.29 is 31.6 Å². The lowest BCUT2D eigenvalue weighted by molar-refractivity contribution is 0.107. The van der Waals surface area contributed by atoms with E-state index in [1.54, 1.807) is 0 Å². The minimum atomic E-state index is -1.19. The minimum Gasteiger partial charge on any atom is -0.508 e. The highest BCUT2D eigenvalue weighted by Gasteiger charge is 2.49. The summed E-state index contributed by atoms with van der Waals surface area (Å²) in [5.74, 6) is -2.16. The monoisotopic (exact) mass is 627 g/mol. The molecule has 0 radical (unpaired) electrons. The standard InChI is InChI=1S/C31H29F4N5O3S/c32-17-10-31(6-1-7-39(31)12-17)15-43-30-37-28-22(29(38-30)40-18-3-4-19(40)14-44(42)13-18)11-36-27(26(28)35)21-9-20(41)8-16-2-5-23(33)25(34)24(16)21/h2,5,8-9,11,17-19,41H,1,3-4,6-7,10,12-15H2/t17-,18?,19?,31+,44?/m1/s1. The van der Waals surface area contributed by atoms with Crippen LogP contribution in [0.15, 0.2) is 30.5 Å². The zero-order valence-corrected chi connectivity index (χ0v) is 24.4. The molecule has 2 bridgehead atoms. The fraction of sp³-hybridized carbons (Fsp3) is 0.452. The molecule has 4 aromatic rings. The molecule has 4 fully saturated rings. The molecule has 8 nitrogen and oxygen atoms in total. The molecule has 13 heteroatoms. The molecule has 6 heterocycles. The maximum absolute atomic E-state index is 16.6. The summed E-state index contributed by atoms with van der Waals surface area (Å²) in [6, 6.07) is 4.42. The minimum absolute atomic E-state index is 0.0681. The number of aromatic hydroxyl groups is 1. The molecule has 0 spiro atoms. The second-order valence-corrected chi connectivity index (χ2v) is 13.9. The van der Waals surface area contributed by atoms with E-state index in [4.69, 9.17) is 9.72 Å². The number of anilines is 1. The second kappa shape index (κ2) is 10.2. The van der Waals surface area contributed by atoms with Crippen LogP contribution in [0.2, 0.25) is 0 Å². The summed E-state index contributed by atoms with van der Waals surface area (Å²) in [4.78, 5) is 17.7. The van der Waals surface area contributed by atoms with Gasteiger partial charge in [0, 0.05) is 64.5 Å². The molecule has 0 aliphatic carbocycles. The van der Waals surface area contributed by atoms with Crippen LogP contribution in [0.1, 0.15) is 32.1 Å². The molecule has 230 valence electrons. The van der Waals surface area contributed by atoms with E-state index < -0.39 is 40.0 Å². The molecule has 0 saturated carbocycles. The first kappa shape index (κ1) is 27.9. The third kappa shape index (κ3) is 4.33. The molecule has 44 heavy (non-hydrogen) atoms. The summed E-state index contributed by atoms with van der Waals surface area (Å²) in [6.45, 7) is 1.26. The van der Waals surface area contributed by atoms with E-state index in [2.05, 4.69) is 19.8 Å². The van der Waals surface area contributed by atoms with Crippen LogP contribution in [0.4, 0.5) is 23.4 Å². The average Bonchev–Trinajstić information content (AvgIpc) is 3.61. The number of phenols is 1. The van der Waals surface area contributed by atoms with E-state index in [0.717, 1.165) is 44.4 Å². The van der Waals surface area contributed by atoms with Crippen molar-refractivity contribution >= 4 is 38.3 Å². The van der Waals surface area contributed by atoms with E-state index in [-0.39, 0.29) is 58.0 Å². The zero-order valence-electron chi connectivity index (χ0n) is 23.6. The summed E-state index contributed by atoms with van der Waals surface area (Å²) >= 11 is 0. The van der Waals surface area contributed by atoms with Gasteiger partial charge in [-0.15, -0.1) is 0 Å². The van der Waals surface area contributed by atoms with Crippen molar-refractivity contribution in [1.29, 1.82) is 0 Å². The Balaban J connectivity index is 1.29. The first-order valence-corrected chi connectivity index (χ1v) is 16.3. The molecule has 1 N–H and O–H groups in total. The van der Waals surface area contributed by atoms with Crippen molar-refractivity contribution in [3.05, 3.63) is 47.9 Å². The Kier molecular flexibility index (Phi) is 6.49. The number of hydrogen-bond acceptors (Lipinski definition) is 8. The second-order valence-electron chi connectivity index (χ2n) is 12.4. The van der Waals surface area contributed by atoms with Crippen molar-refractivity contribution in [1.82, 2.24) is 19.9 Å². The van der Waals surface area contributed by atoms with Crippen molar-refractivity contribution in [2.24, 2.45) is 0 Å². The molecule has 8 rings (SSSR count). The van der Waals surface area contributed by atoms with E-state index in [0.29, 0.717) is 35.7 Å². The maximum atomic E-state index is 16.6. The number of nitrogens with zero attached hydrogens (tertiary/aromatic N) is 5. The van der Waals surface area contributed by atoms with Gasteiger partial charge >= 0.3 is 6.01 Å². The Bertz CT molecular complexity index is 1850. The van der Waals surface area contributed by atoms with Gasteiger partial charge in [0.05, 0.1) is 10.9 Å². The highest BCUT2D eigenvalue weighted by Crippen LogP contribution is 2.43. The number of rotatable bonds is 5. The van der Waals surface area contributed by atoms with Crippen LogP contribution in [0.3, 0.4) is 0 Å². The van der Waals surface area contributed by atoms with E-state index in [1.165, 1.54) is 18.3 Å². The number of pyridine rings is 1. The van der Waals surface area contributed by atoms with Crippen LogP contribution in [0.5, 0.6) is 11.8 Å². The number of aromatic nitrogens is 3. The molecule has 4 atom stereocenters. The topological polar surface area (TPSA) is 91.7 Å². The van der Waals surface area contributed by atoms with Crippen LogP contribution in [-0.2, 0) is 10.8 Å². The number of hydrogen-bond donors (Lipinski definition) is 1. The van der Waals surface area contributed by atoms with Crippen molar-refractivity contribution in [2.45, 2.75) is 55.9 Å². The zero-order chi connectivity index (χ0) is 30.3. The summed E-state index contributed by atoms with van der Waals surface area (Å²) in [6.07, 6.45) is 4.09. The van der Waals surface area contributed by atoms with Gasteiger partial charge in [-0.3, -0.25) is 14.1 Å². The lowest BCUT2D eigenvalue weighted by Gasteiger charge is -2.36. The fourth-order valence-corrected chi connectivity index (χ4v) is 9.47. The normalized spacial score (nSPS) is 28.3. The van der Waals surface area contributed by atoms with Crippen LogP contribution in [0.25, 0.3) is 32.9 Å². The number of fused-ring (bicyclic) bond motifs is 5. The van der Waals surface area contributed by atoms with Gasteiger partial charge in [-0.1, -0.05) is 6.07 Å². The van der Waals surface area contributed by atoms with Crippen LogP contribution >= 0.6 is 0 Å². The summed E-state index contributed by atoms with van der Waals surface area (Å²) < 4.78 is 79.1. The third-order valence-electron chi connectivity index (χ3n) is 9.74. The van der Waals surface area contributed by atoms with Gasteiger partial charge < -0.3 is 14.7 Å². The first-order valence-electron chi connectivity index (χ1n) is 14.8. The number of alkyl halides is 1. The predicted octanol–water partition coefficient (Wildman–Crippen LogP) is 5.02. The van der Waals surface area contributed by atoms with E-state index in [1.807, 2.05) is 0 Å². The summed E-state index contributed by atoms with van der Waals surface area (Å²) in [5, 5.41) is 10.6. The molecule has 4 aliphatic heterocycles. The molecule has 4 saturated heterocycles. The number of halogens is 4. The van der Waals surface area contributed by atoms with Gasteiger partial charge in [-0.05, 0) is 55.8 Å². The summed E-state index contributed by atoms with van der Waals surface area (Å²) in [5.41, 5.74) is -1.07. The van der Waals surface area contributed by atoms with Crippen LogP contribution in [-0.4, -0.2) is 84.2 Å². The van der Waals surface area contributed by atoms with Gasteiger partial charge in [0.1, 0.15) is 35.6 Å². The van der Waals surface area contributed by atoms with Crippen molar-refractivity contribution in [3.8, 4) is 23.0 Å². The fourth-order valence-electron chi connectivity index (χ4n) is 7.82. The Morgan fingerprint density at radius 1 is 1.09 bits per heavy atom. The quantitative estimate of drug-likeness (QED) is 0.309. The number of benzene rings is 2. The van der Waals surface area contributed by atoms with Gasteiger partial charge in [-0.2, -0.15) is 9.97 Å². The van der Waals surface area contributed by atoms with Gasteiger partial charge in [0.25, 0.3) is 0 Å². The largest absolute Gasteiger partial charge is 0.508 e. The molecule has 2 aromatic heterocycles. The third-order valence-corrected chi connectivity index (χ3v) is 11.3. The van der Waals surface area contributed by atoms with Crippen LogP contribution in [0, 0.1) is 17.5 Å². The van der Waals surface area contributed by atoms with Crippen molar-refractivity contribution in [2.75, 3.05) is 36.1 Å². The highest BCUT2D eigenvalue weighted by molar-refractivity contribution is 7.85. The van der Waals surface area contributed by atoms with Gasteiger partial charge in [0.2, 0.25) is 0 Å². The Morgan fingerprint density at radius 2 is 1.89 bits per heavy atom. The lowest BCUT2D eigenvalue weighted by atomic mass is 9.95. The number of phenolic OH excluding ortho intramolecular Hbond substituents is 1. The smallest absolute Gasteiger partial charge is 0.319 e. The average molecular weight is 628 g/mol. The maximum Gasteiger partial charge on any atom is 0.319 e. The molecule has 2 aromatic carbocycles. The molecular weight excluding hydrogens is 598 g/mol. The first-order chi connectivity index (χ1) is 21.2. The molecule has 2 unspecified atom stereocenters. The van der Waals surface area contributed by atoms with Crippen LogP contribution < -0.4 is 9.64 Å². The van der Waals surface area contributed by atoms with Gasteiger partial charge in [-0.25, -0.2) is 17.6 Å². The van der Waals surface area contributed by atoms with Crippen molar-refractivity contribution in [3.63, 3.8) is 0 Å². The Labute approximate surface area is 252 Å². The Hall–Kier alpha value is -3.58. The molecule has 4 aliphatic rings. The number of ether oxygens (including phenoxy) is 1. The highest BCUT2D eigenvalue weighted by atomic mass is 32.2. The predicted molar refractivity (Wildman–Crippen MR) is 158 cm³/mol. The lowest BCUT2D eigenvalue weighted by Crippen LogP contribution is -2.47. The molecular formula is C31H29F4N5O3S. The van der Waals surface area contributed by atoms with Gasteiger partial charge in [0.15, 0.2) is 17.5 Å². The SMILES string of the molecule is O=S1CC2CCC(C1)N2c1nc(OC[C@@]23CCCN2C[C@H](F)C3)nc2c(F)c(-c3cc(O)cc4ccc(F)c(F)c34)ncc12. The summed E-state index contributed by atoms with van der Waals surface area (Å²) in [7, 11) is -0.974. The Morgan fingerprint density at radius 3 is 2.68 bits per heavy atom. The van der Waals surface area contributed by atoms with E-state index in [9.17, 15) is 18.1 Å². The van der Waals surface area contributed by atoms with E-state index >= 15 is 8.78 Å².